The highest BCUT2D eigenvalue weighted by atomic mass is 79.9. The van der Waals surface area contributed by atoms with Gasteiger partial charge in [-0.25, -0.2) is 0 Å². The van der Waals surface area contributed by atoms with Crippen LogP contribution >= 0.6 is 27.7 Å². The van der Waals surface area contributed by atoms with Crippen LogP contribution in [0.25, 0.3) is 0 Å². The predicted molar refractivity (Wildman–Crippen MR) is 41.7 cm³/mol. The number of fused-ring (bicyclic) bond motifs is 2. The standard InChI is InChI=1S/C6H9BrS/c7-5-1-4-2-6(5)8-3-4/h4-6H,1-3H2. The van der Waals surface area contributed by atoms with Gasteiger partial charge in [-0.2, -0.15) is 11.8 Å². The third-order valence-corrected chi connectivity index (χ3v) is 5.05. The van der Waals surface area contributed by atoms with E-state index in [4.69, 9.17) is 0 Å². The average Bonchev–Trinajstić information content (AvgIpc) is 2.23. The van der Waals surface area contributed by atoms with Gasteiger partial charge in [0.1, 0.15) is 0 Å². The lowest BCUT2D eigenvalue weighted by molar-refractivity contribution is 0.641. The second kappa shape index (κ2) is 1.91. The summed E-state index contributed by atoms with van der Waals surface area (Å²) in [6, 6.07) is 0. The average molecular weight is 193 g/mol. The normalized spacial score (nSPS) is 52.9. The van der Waals surface area contributed by atoms with Gasteiger partial charge in [-0.3, -0.25) is 0 Å². The molecule has 0 spiro atoms. The van der Waals surface area contributed by atoms with Crippen LogP contribution in [0.2, 0.25) is 0 Å². The van der Waals surface area contributed by atoms with Crippen molar-refractivity contribution in [3.8, 4) is 0 Å². The highest BCUT2D eigenvalue weighted by Gasteiger charge is 2.38. The van der Waals surface area contributed by atoms with E-state index >= 15 is 0 Å². The molecule has 1 saturated carbocycles. The van der Waals surface area contributed by atoms with Gasteiger partial charge in [-0.15, -0.1) is 0 Å². The van der Waals surface area contributed by atoms with Crippen LogP contribution in [0.15, 0.2) is 0 Å². The van der Waals surface area contributed by atoms with Crippen molar-refractivity contribution in [2.75, 3.05) is 5.75 Å². The Kier molecular flexibility index (Phi) is 1.34. The van der Waals surface area contributed by atoms with Gasteiger partial charge >= 0.3 is 0 Å². The van der Waals surface area contributed by atoms with Gasteiger partial charge in [0.25, 0.3) is 0 Å². The van der Waals surface area contributed by atoms with Crippen molar-refractivity contribution >= 4 is 27.7 Å². The molecule has 1 heterocycles. The molecule has 3 unspecified atom stereocenters. The predicted octanol–water partition coefficient (Wildman–Crippen LogP) is 2.28. The van der Waals surface area contributed by atoms with E-state index in [9.17, 15) is 0 Å². The van der Waals surface area contributed by atoms with Crippen LogP contribution in [-0.4, -0.2) is 15.8 Å². The van der Waals surface area contributed by atoms with Crippen LogP contribution in [0.4, 0.5) is 0 Å². The first-order valence-corrected chi connectivity index (χ1v) is 5.08. The summed E-state index contributed by atoms with van der Waals surface area (Å²) in [6.45, 7) is 0. The van der Waals surface area contributed by atoms with Gasteiger partial charge < -0.3 is 0 Å². The van der Waals surface area contributed by atoms with Crippen LogP contribution in [0.5, 0.6) is 0 Å². The lowest BCUT2D eigenvalue weighted by Gasteiger charge is -2.13. The second-order valence-corrected chi connectivity index (χ2v) is 5.17. The largest absolute Gasteiger partial charge is 0.157 e. The molecule has 2 aliphatic rings. The summed E-state index contributed by atoms with van der Waals surface area (Å²) in [5, 5.41) is 0.972. The maximum atomic E-state index is 3.67. The zero-order valence-electron chi connectivity index (χ0n) is 4.64. The summed E-state index contributed by atoms with van der Waals surface area (Å²) in [4.78, 5) is 0.853. The molecule has 8 heavy (non-hydrogen) atoms. The maximum Gasteiger partial charge on any atom is 0.0267 e. The van der Waals surface area contributed by atoms with Crippen LogP contribution in [0, 0.1) is 5.92 Å². The monoisotopic (exact) mass is 192 g/mol. The van der Waals surface area contributed by atoms with Gasteiger partial charge in [0.2, 0.25) is 0 Å². The second-order valence-electron chi connectivity index (χ2n) is 2.73. The molecule has 0 radical (unpaired) electrons. The Balaban J connectivity index is 2.11. The summed E-state index contributed by atoms with van der Waals surface area (Å²) in [7, 11) is 0. The van der Waals surface area contributed by atoms with Crippen LogP contribution < -0.4 is 0 Å². The Bertz CT molecular complexity index is 103. The molecule has 3 atom stereocenters. The molecular weight excluding hydrogens is 184 g/mol. The maximum absolute atomic E-state index is 3.67. The third kappa shape index (κ3) is 0.730. The summed E-state index contributed by atoms with van der Waals surface area (Å²) >= 11 is 5.83. The molecule has 0 aromatic heterocycles. The highest BCUT2D eigenvalue weighted by molar-refractivity contribution is 9.09. The Morgan fingerprint density at radius 3 is 2.50 bits per heavy atom. The first-order chi connectivity index (χ1) is 3.86. The van der Waals surface area contributed by atoms with Gasteiger partial charge in [-0.05, 0) is 24.5 Å². The lowest BCUT2D eigenvalue weighted by Crippen LogP contribution is -2.10. The fourth-order valence-corrected chi connectivity index (χ4v) is 4.33. The molecule has 2 rings (SSSR count). The van der Waals surface area contributed by atoms with E-state index in [1.54, 1.807) is 0 Å². The molecule has 1 saturated heterocycles. The molecule has 0 aromatic carbocycles. The molecule has 1 aliphatic heterocycles. The highest BCUT2D eigenvalue weighted by Crippen LogP contribution is 2.46. The quantitative estimate of drug-likeness (QED) is 0.532. The van der Waals surface area contributed by atoms with E-state index in [0.29, 0.717) is 0 Å². The van der Waals surface area contributed by atoms with E-state index in [1.807, 2.05) is 0 Å². The third-order valence-electron chi connectivity index (χ3n) is 2.07. The van der Waals surface area contributed by atoms with E-state index in [-0.39, 0.29) is 0 Å². The smallest absolute Gasteiger partial charge is 0.0267 e. The van der Waals surface area contributed by atoms with E-state index in [0.717, 1.165) is 16.0 Å². The van der Waals surface area contributed by atoms with Crippen molar-refractivity contribution in [2.24, 2.45) is 5.92 Å². The van der Waals surface area contributed by atoms with Crippen molar-refractivity contribution in [3.05, 3.63) is 0 Å². The Labute approximate surface area is 62.5 Å². The fourth-order valence-electron chi connectivity index (χ4n) is 1.61. The molecule has 0 N–H and O–H groups in total. The van der Waals surface area contributed by atoms with Crippen LogP contribution in [-0.2, 0) is 0 Å². The SMILES string of the molecule is BrC1CC2CSC1C2. The van der Waals surface area contributed by atoms with Crippen molar-refractivity contribution < 1.29 is 0 Å². The van der Waals surface area contributed by atoms with E-state index in [2.05, 4.69) is 27.7 Å². The molecule has 2 fully saturated rings. The van der Waals surface area contributed by atoms with Gasteiger partial charge in [-0.1, -0.05) is 15.9 Å². The minimum absolute atomic E-state index is 0.853. The van der Waals surface area contributed by atoms with Gasteiger partial charge in [0.05, 0.1) is 0 Å². The Morgan fingerprint density at radius 1 is 1.38 bits per heavy atom. The van der Waals surface area contributed by atoms with Crippen molar-refractivity contribution in [3.63, 3.8) is 0 Å². The number of rotatable bonds is 0. The number of thioether (sulfide) groups is 1. The van der Waals surface area contributed by atoms with Crippen molar-refractivity contribution in [1.82, 2.24) is 0 Å². The molecule has 2 bridgehead atoms. The first kappa shape index (κ1) is 5.60. The summed E-state index contributed by atoms with van der Waals surface area (Å²) < 4.78 is 0. The van der Waals surface area contributed by atoms with Crippen molar-refractivity contribution in [2.45, 2.75) is 22.9 Å². The molecular formula is C6H9BrS. The van der Waals surface area contributed by atoms with Gasteiger partial charge in [0, 0.05) is 10.1 Å². The molecule has 2 heteroatoms. The number of hydrogen-bond acceptors (Lipinski definition) is 1. The zero-order chi connectivity index (χ0) is 5.56. The molecule has 0 nitrogen and oxygen atoms in total. The lowest BCUT2D eigenvalue weighted by atomic mass is 10.1. The van der Waals surface area contributed by atoms with Crippen LogP contribution in [0.1, 0.15) is 12.8 Å². The molecule has 46 valence electrons. The van der Waals surface area contributed by atoms with E-state index in [1.165, 1.54) is 18.6 Å². The first-order valence-electron chi connectivity index (χ1n) is 3.12. The fraction of sp³-hybridized carbons (Fsp3) is 1.00. The van der Waals surface area contributed by atoms with E-state index < -0.39 is 0 Å². The summed E-state index contributed by atoms with van der Waals surface area (Å²) in [6.07, 6.45) is 2.93. The Morgan fingerprint density at radius 2 is 2.25 bits per heavy atom. The summed E-state index contributed by atoms with van der Waals surface area (Å²) in [5.41, 5.74) is 0. The number of alkyl halides is 1. The minimum Gasteiger partial charge on any atom is -0.157 e. The topological polar surface area (TPSA) is 0 Å². The summed E-state index contributed by atoms with van der Waals surface area (Å²) in [5.74, 6) is 2.50. The molecule has 1 aliphatic carbocycles. The van der Waals surface area contributed by atoms with Gasteiger partial charge in [0.15, 0.2) is 0 Å². The molecule has 0 aromatic rings. The minimum atomic E-state index is 0.853. The number of halogens is 1. The van der Waals surface area contributed by atoms with Crippen molar-refractivity contribution in [1.29, 1.82) is 0 Å². The Hall–Kier alpha value is 0.830. The zero-order valence-corrected chi connectivity index (χ0v) is 7.04. The molecule has 0 amide bonds. The van der Waals surface area contributed by atoms with Crippen LogP contribution in [0.3, 0.4) is 0 Å². The number of hydrogen-bond donors (Lipinski definition) is 0.